The topological polar surface area (TPSA) is 61.0 Å². The summed E-state index contributed by atoms with van der Waals surface area (Å²) in [6.07, 6.45) is 4.47. The molecule has 0 unspecified atom stereocenters. The Labute approximate surface area is 158 Å². The lowest BCUT2D eigenvalue weighted by Crippen LogP contribution is -2.22. The number of aromatic nitrogens is 2. The Bertz CT molecular complexity index is 1010. The lowest BCUT2D eigenvalue weighted by atomic mass is 10.0. The van der Waals surface area contributed by atoms with E-state index < -0.39 is 0 Å². The number of nitrogens with one attached hydrogen (secondary N) is 2. The van der Waals surface area contributed by atoms with E-state index in [0.29, 0.717) is 12.1 Å². The Morgan fingerprint density at radius 2 is 2.04 bits per heavy atom. The van der Waals surface area contributed by atoms with Gasteiger partial charge in [0.25, 0.3) is 5.91 Å². The molecule has 1 aliphatic heterocycles. The van der Waals surface area contributed by atoms with Gasteiger partial charge in [0.15, 0.2) is 0 Å². The molecule has 4 rings (SSSR count). The van der Waals surface area contributed by atoms with E-state index in [1.54, 1.807) is 12.4 Å². The van der Waals surface area contributed by atoms with Crippen LogP contribution in [-0.4, -0.2) is 22.6 Å². The van der Waals surface area contributed by atoms with Crippen LogP contribution in [0.5, 0.6) is 0 Å². The quantitative estimate of drug-likeness (QED) is 0.705. The predicted molar refractivity (Wildman–Crippen MR) is 106 cm³/mol. The first-order chi connectivity index (χ1) is 13.2. The van der Waals surface area contributed by atoms with E-state index in [9.17, 15) is 4.79 Å². The van der Waals surface area contributed by atoms with Crippen LogP contribution in [0.2, 0.25) is 0 Å². The SMILES string of the molecule is CC#CN1CCc2cc(-c3ccc(C(=O)NCc4cn[nH]c4)cc3)ccc21. The van der Waals surface area contributed by atoms with E-state index in [-0.39, 0.29) is 5.91 Å². The number of rotatable bonds is 4. The molecule has 134 valence electrons. The number of anilines is 1. The fourth-order valence-electron chi connectivity index (χ4n) is 3.31. The third-order valence-corrected chi connectivity index (χ3v) is 4.71. The fourth-order valence-corrected chi connectivity index (χ4v) is 3.31. The van der Waals surface area contributed by atoms with Crippen LogP contribution in [0.3, 0.4) is 0 Å². The summed E-state index contributed by atoms with van der Waals surface area (Å²) in [7, 11) is 0. The highest BCUT2D eigenvalue weighted by Crippen LogP contribution is 2.32. The Hall–Kier alpha value is -3.52. The number of aromatic amines is 1. The minimum absolute atomic E-state index is 0.0921. The Morgan fingerprint density at radius 3 is 2.78 bits per heavy atom. The van der Waals surface area contributed by atoms with Crippen molar-refractivity contribution in [2.75, 3.05) is 11.4 Å². The summed E-state index contributed by atoms with van der Waals surface area (Å²) >= 11 is 0. The van der Waals surface area contributed by atoms with Gasteiger partial charge in [0, 0.05) is 36.5 Å². The molecule has 0 saturated carbocycles. The van der Waals surface area contributed by atoms with Crippen molar-refractivity contribution in [1.29, 1.82) is 0 Å². The summed E-state index contributed by atoms with van der Waals surface area (Å²) < 4.78 is 0. The molecule has 5 heteroatoms. The van der Waals surface area contributed by atoms with Crippen molar-refractivity contribution >= 4 is 11.6 Å². The summed E-state index contributed by atoms with van der Waals surface area (Å²) in [6, 6.07) is 17.3. The summed E-state index contributed by atoms with van der Waals surface area (Å²) in [5.74, 6) is 2.87. The van der Waals surface area contributed by atoms with Gasteiger partial charge < -0.3 is 10.2 Å². The number of carbonyl (C=O) groups is 1. The number of hydrogen-bond acceptors (Lipinski definition) is 3. The maximum atomic E-state index is 12.3. The number of benzene rings is 2. The van der Waals surface area contributed by atoms with Crippen molar-refractivity contribution in [1.82, 2.24) is 15.5 Å². The van der Waals surface area contributed by atoms with Crippen molar-refractivity contribution in [3.63, 3.8) is 0 Å². The van der Waals surface area contributed by atoms with Crippen LogP contribution in [0.25, 0.3) is 11.1 Å². The highest BCUT2D eigenvalue weighted by Gasteiger charge is 2.18. The number of hydrogen-bond donors (Lipinski definition) is 2. The molecule has 0 saturated heterocycles. The smallest absolute Gasteiger partial charge is 0.251 e. The van der Waals surface area contributed by atoms with Gasteiger partial charge in [-0.3, -0.25) is 9.89 Å². The molecule has 1 aliphatic rings. The fraction of sp³-hybridized carbons (Fsp3) is 0.182. The van der Waals surface area contributed by atoms with E-state index in [1.165, 1.54) is 11.3 Å². The first-order valence-corrected chi connectivity index (χ1v) is 8.94. The molecule has 1 aromatic heterocycles. The predicted octanol–water partition coefficient (Wildman–Crippen LogP) is 3.35. The molecule has 1 amide bonds. The van der Waals surface area contributed by atoms with Gasteiger partial charge in [-0.15, -0.1) is 0 Å². The molecule has 2 heterocycles. The largest absolute Gasteiger partial charge is 0.348 e. The zero-order chi connectivity index (χ0) is 18.6. The number of fused-ring (bicyclic) bond motifs is 1. The van der Waals surface area contributed by atoms with Crippen LogP contribution in [0.15, 0.2) is 54.9 Å². The van der Waals surface area contributed by atoms with Crippen molar-refractivity contribution in [3.05, 3.63) is 71.5 Å². The van der Waals surface area contributed by atoms with Gasteiger partial charge in [-0.05, 0) is 54.3 Å². The molecule has 0 radical (unpaired) electrons. The molecule has 0 aliphatic carbocycles. The molecule has 0 spiro atoms. The van der Waals surface area contributed by atoms with E-state index in [4.69, 9.17) is 0 Å². The maximum Gasteiger partial charge on any atom is 0.251 e. The molecular weight excluding hydrogens is 336 g/mol. The highest BCUT2D eigenvalue weighted by molar-refractivity contribution is 5.94. The van der Waals surface area contributed by atoms with E-state index in [2.05, 4.69) is 50.6 Å². The zero-order valence-electron chi connectivity index (χ0n) is 15.1. The second-order valence-corrected chi connectivity index (χ2v) is 6.47. The highest BCUT2D eigenvalue weighted by atomic mass is 16.1. The second-order valence-electron chi connectivity index (χ2n) is 6.47. The lowest BCUT2D eigenvalue weighted by Gasteiger charge is -2.11. The minimum atomic E-state index is -0.0921. The number of amides is 1. The van der Waals surface area contributed by atoms with Crippen LogP contribution in [-0.2, 0) is 13.0 Å². The van der Waals surface area contributed by atoms with E-state index in [0.717, 1.165) is 29.7 Å². The van der Waals surface area contributed by atoms with Gasteiger partial charge >= 0.3 is 0 Å². The van der Waals surface area contributed by atoms with Gasteiger partial charge in [-0.25, -0.2) is 0 Å². The van der Waals surface area contributed by atoms with Crippen LogP contribution in [0.4, 0.5) is 5.69 Å². The van der Waals surface area contributed by atoms with Crippen LogP contribution in [0, 0.1) is 12.0 Å². The second kappa shape index (κ2) is 7.38. The molecule has 0 fully saturated rings. The molecule has 0 bridgehead atoms. The average Bonchev–Trinajstić information content (AvgIpc) is 3.36. The molecule has 3 aromatic rings. The van der Waals surface area contributed by atoms with Crippen LogP contribution in [0.1, 0.15) is 28.4 Å². The molecule has 5 nitrogen and oxygen atoms in total. The van der Waals surface area contributed by atoms with Gasteiger partial charge in [-0.2, -0.15) is 5.10 Å². The summed E-state index contributed by atoms with van der Waals surface area (Å²) in [5, 5.41) is 9.50. The molecule has 0 atom stereocenters. The first-order valence-electron chi connectivity index (χ1n) is 8.94. The molecule has 2 aromatic carbocycles. The standard InChI is InChI=1S/C22H20N4O/c1-2-10-26-11-9-20-12-19(7-8-21(20)26)17-3-5-18(6-4-17)22(27)23-13-16-14-24-25-15-16/h3-8,12,14-15H,9,11,13H2,1H3,(H,23,27)(H,24,25). The number of carbonyl (C=O) groups excluding carboxylic acids is 1. The molecule has 2 N–H and O–H groups in total. The van der Waals surface area contributed by atoms with E-state index in [1.807, 2.05) is 31.2 Å². The summed E-state index contributed by atoms with van der Waals surface area (Å²) in [4.78, 5) is 14.4. The van der Waals surface area contributed by atoms with Crippen molar-refractivity contribution in [2.24, 2.45) is 0 Å². The van der Waals surface area contributed by atoms with Crippen molar-refractivity contribution < 1.29 is 4.79 Å². The summed E-state index contributed by atoms with van der Waals surface area (Å²) in [6.45, 7) is 3.26. The van der Waals surface area contributed by atoms with Crippen molar-refractivity contribution in [3.8, 4) is 23.1 Å². The average molecular weight is 356 g/mol. The normalized spacial score (nSPS) is 12.3. The van der Waals surface area contributed by atoms with E-state index >= 15 is 0 Å². The Kier molecular flexibility index (Phi) is 4.63. The zero-order valence-corrected chi connectivity index (χ0v) is 15.1. The molecule has 27 heavy (non-hydrogen) atoms. The third kappa shape index (κ3) is 3.56. The number of nitrogens with zero attached hydrogens (tertiary/aromatic N) is 2. The lowest BCUT2D eigenvalue weighted by molar-refractivity contribution is 0.0951. The number of H-pyrrole nitrogens is 1. The van der Waals surface area contributed by atoms with Gasteiger partial charge in [0.2, 0.25) is 0 Å². The minimum Gasteiger partial charge on any atom is -0.348 e. The Balaban J connectivity index is 1.47. The van der Waals surface area contributed by atoms with Crippen LogP contribution < -0.4 is 10.2 Å². The first kappa shape index (κ1) is 16.9. The summed E-state index contributed by atoms with van der Waals surface area (Å²) in [5.41, 5.74) is 6.36. The van der Waals surface area contributed by atoms with Gasteiger partial charge in [0.1, 0.15) is 0 Å². The Morgan fingerprint density at radius 1 is 1.22 bits per heavy atom. The van der Waals surface area contributed by atoms with Gasteiger partial charge in [-0.1, -0.05) is 24.1 Å². The van der Waals surface area contributed by atoms with Crippen LogP contribution >= 0.6 is 0 Å². The monoisotopic (exact) mass is 356 g/mol. The van der Waals surface area contributed by atoms with Crippen molar-refractivity contribution in [2.45, 2.75) is 19.9 Å². The maximum absolute atomic E-state index is 12.3. The van der Waals surface area contributed by atoms with Gasteiger partial charge in [0.05, 0.1) is 11.9 Å². The molecular formula is C22H20N4O. The third-order valence-electron chi connectivity index (χ3n) is 4.71.